The molecule has 2 aromatic heterocycles. The Labute approximate surface area is 133 Å². The Balaban J connectivity index is 1.94. The molecule has 0 saturated heterocycles. The first-order valence-electron chi connectivity index (χ1n) is 7.07. The van der Waals surface area contributed by atoms with Crippen LogP contribution in [-0.4, -0.2) is 25.8 Å². The number of ether oxygens (including phenoxy) is 1. The zero-order chi connectivity index (χ0) is 15.5. The smallest absolute Gasteiger partial charge is 0.224 e. The van der Waals surface area contributed by atoms with Crippen LogP contribution in [0.2, 0.25) is 5.02 Å². The summed E-state index contributed by atoms with van der Waals surface area (Å²) in [6.07, 6.45) is 2.63. The molecule has 0 fully saturated rings. The molecule has 0 aliphatic rings. The van der Waals surface area contributed by atoms with Gasteiger partial charge in [-0.25, -0.2) is 4.98 Å². The third-order valence-corrected chi connectivity index (χ3v) is 3.45. The molecule has 22 heavy (non-hydrogen) atoms. The van der Waals surface area contributed by atoms with Gasteiger partial charge in [-0.1, -0.05) is 17.7 Å². The molecule has 0 bridgehead atoms. The minimum Gasteiger partial charge on any atom is -0.439 e. The van der Waals surface area contributed by atoms with Gasteiger partial charge in [-0.05, 0) is 38.0 Å². The summed E-state index contributed by atoms with van der Waals surface area (Å²) >= 11 is 5.98. The molecule has 2 heterocycles. The minimum absolute atomic E-state index is 0.361. The fourth-order valence-corrected chi connectivity index (χ4v) is 2.32. The lowest BCUT2D eigenvalue weighted by Crippen LogP contribution is -2.05. The van der Waals surface area contributed by atoms with Gasteiger partial charge in [0, 0.05) is 22.8 Å². The second-order valence-corrected chi connectivity index (χ2v) is 5.57. The number of hydrogen-bond acceptors (Lipinski definition) is 4. The highest BCUT2D eigenvalue weighted by atomic mass is 35.5. The molecule has 6 heteroatoms. The molecule has 114 valence electrons. The first-order valence-corrected chi connectivity index (χ1v) is 7.45. The Bertz CT molecular complexity index is 786. The van der Waals surface area contributed by atoms with Gasteiger partial charge in [0.05, 0.1) is 12.3 Å². The van der Waals surface area contributed by atoms with Crippen LogP contribution < -0.4 is 4.74 Å². The highest BCUT2D eigenvalue weighted by Crippen LogP contribution is 2.25. The van der Waals surface area contributed by atoms with Crippen LogP contribution in [0, 0.1) is 0 Å². The summed E-state index contributed by atoms with van der Waals surface area (Å²) in [5.41, 5.74) is 1.56. The monoisotopic (exact) mass is 317 g/mol. The van der Waals surface area contributed by atoms with Gasteiger partial charge in [-0.15, -0.1) is 0 Å². The average Bonchev–Trinajstić information content (AvgIpc) is 2.94. The maximum Gasteiger partial charge on any atom is 0.224 e. The SMILES string of the molecule is CC(O)CCc1cc(Oc2cccc(Cl)c2)n2nccc2n1. The molecule has 0 amide bonds. The van der Waals surface area contributed by atoms with Crippen molar-refractivity contribution < 1.29 is 9.84 Å². The van der Waals surface area contributed by atoms with Gasteiger partial charge in [0.2, 0.25) is 5.88 Å². The summed E-state index contributed by atoms with van der Waals surface area (Å²) in [7, 11) is 0. The molecule has 0 radical (unpaired) electrons. The van der Waals surface area contributed by atoms with Crippen LogP contribution in [0.5, 0.6) is 11.6 Å². The van der Waals surface area contributed by atoms with Gasteiger partial charge in [0.15, 0.2) is 5.65 Å². The van der Waals surface area contributed by atoms with Crippen molar-refractivity contribution in [2.75, 3.05) is 0 Å². The zero-order valence-electron chi connectivity index (χ0n) is 12.1. The highest BCUT2D eigenvalue weighted by molar-refractivity contribution is 6.30. The van der Waals surface area contributed by atoms with E-state index < -0.39 is 0 Å². The molecule has 0 aliphatic heterocycles. The summed E-state index contributed by atoms with van der Waals surface area (Å²) < 4.78 is 7.52. The lowest BCUT2D eigenvalue weighted by Gasteiger charge is -2.10. The number of aryl methyl sites for hydroxylation is 1. The number of aromatic nitrogens is 3. The number of benzene rings is 1. The first-order chi connectivity index (χ1) is 10.6. The number of fused-ring (bicyclic) bond motifs is 1. The Morgan fingerprint density at radius 1 is 1.32 bits per heavy atom. The largest absolute Gasteiger partial charge is 0.439 e. The van der Waals surface area contributed by atoms with Crippen molar-refractivity contribution in [3.05, 3.63) is 53.3 Å². The predicted molar refractivity (Wildman–Crippen MR) is 84.5 cm³/mol. The minimum atomic E-state index is -0.361. The summed E-state index contributed by atoms with van der Waals surface area (Å²) in [6, 6.07) is 10.8. The number of aliphatic hydroxyl groups is 1. The van der Waals surface area contributed by atoms with Crippen molar-refractivity contribution in [1.29, 1.82) is 0 Å². The normalized spacial score (nSPS) is 12.5. The highest BCUT2D eigenvalue weighted by Gasteiger charge is 2.10. The van der Waals surface area contributed by atoms with E-state index in [2.05, 4.69) is 10.1 Å². The second-order valence-electron chi connectivity index (χ2n) is 5.13. The quantitative estimate of drug-likeness (QED) is 0.782. The van der Waals surface area contributed by atoms with Gasteiger partial charge in [0.25, 0.3) is 0 Å². The second kappa shape index (κ2) is 6.34. The summed E-state index contributed by atoms with van der Waals surface area (Å²) in [5, 5.41) is 14.3. The topological polar surface area (TPSA) is 59.7 Å². The van der Waals surface area contributed by atoms with Crippen LogP contribution in [-0.2, 0) is 6.42 Å². The predicted octanol–water partition coefficient (Wildman–Crippen LogP) is 3.49. The van der Waals surface area contributed by atoms with E-state index in [-0.39, 0.29) is 6.10 Å². The van der Waals surface area contributed by atoms with Gasteiger partial charge in [0.1, 0.15) is 5.75 Å². The fourth-order valence-electron chi connectivity index (χ4n) is 2.14. The van der Waals surface area contributed by atoms with E-state index in [0.717, 1.165) is 5.69 Å². The van der Waals surface area contributed by atoms with Crippen LogP contribution in [0.4, 0.5) is 0 Å². The zero-order valence-corrected chi connectivity index (χ0v) is 12.9. The van der Waals surface area contributed by atoms with Crippen molar-refractivity contribution in [3.63, 3.8) is 0 Å². The molecule has 1 N–H and O–H groups in total. The van der Waals surface area contributed by atoms with Crippen molar-refractivity contribution in [2.45, 2.75) is 25.9 Å². The van der Waals surface area contributed by atoms with Crippen LogP contribution in [0.3, 0.4) is 0 Å². The molecule has 1 atom stereocenters. The summed E-state index contributed by atoms with van der Waals surface area (Å²) in [5.74, 6) is 1.20. The third kappa shape index (κ3) is 3.37. The van der Waals surface area contributed by atoms with E-state index in [0.29, 0.717) is 35.1 Å². The van der Waals surface area contributed by atoms with Crippen molar-refractivity contribution in [1.82, 2.24) is 14.6 Å². The molecular formula is C16H16ClN3O2. The fraction of sp³-hybridized carbons (Fsp3) is 0.250. The van der Waals surface area contributed by atoms with E-state index >= 15 is 0 Å². The number of rotatable bonds is 5. The molecular weight excluding hydrogens is 302 g/mol. The number of halogens is 1. The Kier molecular flexibility index (Phi) is 4.27. The Hall–Kier alpha value is -2.11. The first kappa shape index (κ1) is 14.8. The third-order valence-electron chi connectivity index (χ3n) is 3.22. The molecule has 3 rings (SSSR count). The molecule has 0 saturated carbocycles. The average molecular weight is 318 g/mol. The summed E-state index contributed by atoms with van der Waals surface area (Å²) in [4.78, 5) is 4.51. The van der Waals surface area contributed by atoms with Gasteiger partial charge < -0.3 is 9.84 Å². The Morgan fingerprint density at radius 3 is 2.95 bits per heavy atom. The van der Waals surface area contributed by atoms with Crippen LogP contribution in [0.1, 0.15) is 19.0 Å². The molecule has 5 nitrogen and oxygen atoms in total. The van der Waals surface area contributed by atoms with Crippen molar-refractivity contribution >= 4 is 17.2 Å². The Morgan fingerprint density at radius 2 is 2.18 bits per heavy atom. The number of hydrogen-bond donors (Lipinski definition) is 1. The number of nitrogens with zero attached hydrogens (tertiary/aromatic N) is 3. The van der Waals surface area contributed by atoms with Crippen molar-refractivity contribution in [2.24, 2.45) is 0 Å². The van der Waals surface area contributed by atoms with Crippen LogP contribution in [0.25, 0.3) is 5.65 Å². The van der Waals surface area contributed by atoms with E-state index in [1.54, 1.807) is 29.8 Å². The maximum absolute atomic E-state index is 9.43. The van der Waals surface area contributed by atoms with E-state index in [9.17, 15) is 5.11 Å². The maximum atomic E-state index is 9.43. The van der Waals surface area contributed by atoms with E-state index in [1.165, 1.54) is 0 Å². The van der Waals surface area contributed by atoms with E-state index in [1.807, 2.05) is 24.3 Å². The lowest BCUT2D eigenvalue weighted by atomic mass is 10.1. The molecule has 0 aliphatic carbocycles. The van der Waals surface area contributed by atoms with Crippen LogP contribution >= 0.6 is 11.6 Å². The van der Waals surface area contributed by atoms with Gasteiger partial charge >= 0.3 is 0 Å². The number of aliphatic hydroxyl groups excluding tert-OH is 1. The molecule has 1 aromatic carbocycles. The van der Waals surface area contributed by atoms with Gasteiger partial charge in [-0.2, -0.15) is 9.61 Å². The summed E-state index contributed by atoms with van der Waals surface area (Å²) in [6.45, 7) is 1.76. The molecule has 0 spiro atoms. The van der Waals surface area contributed by atoms with Crippen molar-refractivity contribution in [3.8, 4) is 11.6 Å². The molecule has 3 aromatic rings. The van der Waals surface area contributed by atoms with E-state index in [4.69, 9.17) is 16.3 Å². The van der Waals surface area contributed by atoms with Crippen LogP contribution in [0.15, 0.2) is 42.6 Å². The lowest BCUT2D eigenvalue weighted by molar-refractivity contribution is 0.184. The standard InChI is InChI=1S/C16H16ClN3O2/c1-11(21)5-6-13-10-16(20-15(19-13)7-8-18-20)22-14-4-2-3-12(17)9-14/h2-4,7-11,21H,5-6H2,1H3. The molecule has 1 unspecified atom stereocenters. The van der Waals surface area contributed by atoms with Gasteiger partial charge in [-0.3, -0.25) is 0 Å².